The molecule has 0 radical (unpaired) electrons. The molecule has 0 saturated carbocycles. The molecule has 1 aromatic carbocycles. The van der Waals surface area contributed by atoms with E-state index in [9.17, 15) is 4.79 Å². The topological polar surface area (TPSA) is 74.5 Å². The second-order valence-electron chi connectivity index (χ2n) is 6.30. The highest BCUT2D eigenvalue weighted by atomic mass is 127. The number of nitrogens with zero attached hydrogens (tertiary/aromatic N) is 4. The number of carbonyl (C=O) groups excluding carboxylic acids is 1. The van der Waals surface area contributed by atoms with Gasteiger partial charge in [0.1, 0.15) is 0 Å². The van der Waals surface area contributed by atoms with Crippen molar-refractivity contribution < 1.29 is 4.79 Å². The van der Waals surface area contributed by atoms with Crippen molar-refractivity contribution in [2.75, 3.05) is 26.7 Å². The fourth-order valence-electron chi connectivity index (χ4n) is 2.62. The van der Waals surface area contributed by atoms with E-state index in [1.165, 1.54) is 0 Å². The molecule has 0 aliphatic heterocycles. The average Bonchev–Trinajstić information content (AvgIpc) is 3.19. The maximum Gasteiger partial charge on any atom is 0.224 e. The summed E-state index contributed by atoms with van der Waals surface area (Å²) in [5, 5.41) is 10.6. The lowest BCUT2D eigenvalue weighted by Gasteiger charge is -2.18. The Labute approximate surface area is 184 Å². The fraction of sp³-hybridized carbons (Fsp3) is 0.450. The van der Waals surface area contributed by atoms with Crippen molar-refractivity contribution in [2.45, 2.75) is 32.9 Å². The molecule has 2 rings (SSSR count). The molecule has 2 N–H and O–H groups in total. The molecule has 8 heteroatoms. The first kappa shape index (κ1) is 23.9. The first-order valence-corrected chi connectivity index (χ1v) is 9.46. The third kappa shape index (κ3) is 9.20. The minimum Gasteiger partial charge on any atom is -0.357 e. The third-order valence-electron chi connectivity index (χ3n) is 4.04. The number of hydrogen-bond acceptors (Lipinski definition) is 3. The zero-order valence-corrected chi connectivity index (χ0v) is 19.0. The number of rotatable bonds is 10. The molecule has 0 aliphatic carbocycles. The molecule has 0 unspecified atom stereocenters. The van der Waals surface area contributed by atoms with Crippen LogP contribution in [0, 0.1) is 0 Å². The summed E-state index contributed by atoms with van der Waals surface area (Å²) in [5.41, 5.74) is 1.13. The van der Waals surface area contributed by atoms with Crippen LogP contribution in [0.25, 0.3) is 0 Å². The van der Waals surface area contributed by atoms with Gasteiger partial charge >= 0.3 is 0 Å². The first-order valence-electron chi connectivity index (χ1n) is 9.46. The lowest BCUT2D eigenvalue weighted by molar-refractivity contribution is -0.130. The number of aromatic nitrogens is 2. The van der Waals surface area contributed by atoms with Gasteiger partial charge in [0.25, 0.3) is 0 Å². The Kier molecular flexibility index (Phi) is 11.9. The predicted molar refractivity (Wildman–Crippen MR) is 124 cm³/mol. The molecule has 7 nitrogen and oxygen atoms in total. The van der Waals surface area contributed by atoms with Crippen LogP contribution >= 0.6 is 24.0 Å². The summed E-state index contributed by atoms with van der Waals surface area (Å²) in [6.45, 7) is 5.55. The van der Waals surface area contributed by atoms with Crippen LogP contribution in [0.15, 0.2) is 53.8 Å². The van der Waals surface area contributed by atoms with E-state index in [2.05, 4.69) is 20.7 Å². The van der Waals surface area contributed by atoms with E-state index in [4.69, 9.17) is 0 Å². The van der Waals surface area contributed by atoms with Crippen molar-refractivity contribution in [3.8, 4) is 0 Å². The zero-order chi connectivity index (χ0) is 19.3. The van der Waals surface area contributed by atoms with Gasteiger partial charge in [-0.2, -0.15) is 5.10 Å². The Morgan fingerprint density at radius 2 is 2.00 bits per heavy atom. The standard InChI is InChI=1S/C20H30N6O.HI/c1-3-21-20(22-12-7-15-26-16-8-13-24-26)23-14-11-19(27)25(2)17-18-9-5-4-6-10-18;/h4-6,8-10,13,16H,3,7,11-12,14-15,17H2,1-2H3,(H2,21,22,23);1H. The van der Waals surface area contributed by atoms with Crippen LogP contribution in [0.1, 0.15) is 25.3 Å². The van der Waals surface area contributed by atoms with Crippen LogP contribution in [-0.4, -0.2) is 53.2 Å². The van der Waals surface area contributed by atoms with Gasteiger partial charge in [-0.15, -0.1) is 24.0 Å². The summed E-state index contributed by atoms with van der Waals surface area (Å²) < 4.78 is 1.90. The Morgan fingerprint density at radius 3 is 2.68 bits per heavy atom. The first-order chi connectivity index (χ1) is 13.2. The number of amides is 1. The summed E-state index contributed by atoms with van der Waals surface area (Å²) >= 11 is 0. The summed E-state index contributed by atoms with van der Waals surface area (Å²) in [5.74, 6) is 0.859. The van der Waals surface area contributed by atoms with Crippen LogP contribution in [0.3, 0.4) is 0 Å². The SMILES string of the molecule is CCNC(=NCCCn1cccn1)NCCC(=O)N(C)Cc1ccccc1.I. The molecule has 154 valence electrons. The summed E-state index contributed by atoms with van der Waals surface area (Å²) in [4.78, 5) is 18.6. The third-order valence-corrected chi connectivity index (χ3v) is 4.04. The predicted octanol–water partition coefficient (Wildman–Crippen LogP) is 2.50. The van der Waals surface area contributed by atoms with Gasteiger partial charge in [-0.25, -0.2) is 0 Å². The van der Waals surface area contributed by atoms with E-state index in [1.54, 1.807) is 11.1 Å². The number of carbonyl (C=O) groups is 1. The van der Waals surface area contributed by atoms with Gasteiger partial charge in [0, 0.05) is 58.6 Å². The minimum atomic E-state index is 0. The zero-order valence-electron chi connectivity index (χ0n) is 16.7. The monoisotopic (exact) mass is 498 g/mol. The molecule has 0 bridgehead atoms. The molecule has 0 aliphatic rings. The second kappa shape index (κ2) is 14.0. The molecule has 1 amide bonds. The van der Waals surface area contributed by atoms with E-state index >= 15 is 0 Å². The van der Waals surface area contributed by atoms with Gasteiger partial charge in [0.15, 0.2) is 5.96 Å². The smallest absolute Gasteiger partial charge is 0.224 e. The lowest BCUT2D eigenvalue weighted by Crippen LogP contribution is -2.39. The highest BCUT2D eigenvalue weighted by Gasteiger charge is 2.09. The lowest BCUT2D eigenvalue weighted by atomic mass is 10.2. The maximum absolute atomic E-state index is 12.3. The highest BCUT2D eigenvalue weighted by molar-refractivity contribution is 14.0. The van der Waals surface area contributed by atoms with Crippen molar-refractivity contribution in [3.63, 3.8) is 0 Å². The number of benzene rings is 1. The molecule has 0 atom stereocenters. The normalized spacial score (nSPS) is 10.9. The quantitative estimate of drug-likeness (QED) is 0.229. The summed E-state index contributed by atoms with van der Waals surface area (Å²) in [7, 11) is 1.84. The van der Waals surface area contributed by atoms with Crippen LogP contribution in [0.5, 0.6) is 0 Å². The molecular weight excluding hydrogens is 467 g/mol. The van der Waals surface area contributed by atoms with E-state index in [0.29, 0.717) is 26.1 Å². The van der Waals surface area contributed by atoms with E-state index < -0.39 is 0 Å². The van der Waals surface area contributed by atoms with Crippen molar-refractivity contribution in [1.82, 2.24) is 25.3 Å². The molecule has 0 spiro atoms. The largest absolute Gasteiger partial charge is 0.357 e. The molecule has 0 fully saturated rings. The van der Waals surface area contributed by atoms with Crippen molar-refractivity contribution in [1.29, 1.82) is 0 Å². The Hall–Kier alpha value is -2.10. The number of nitrogens with one attached hydrogen (secondary N) is 2. The van der Waals surface area contributed by atoms with Crippen LogP contribution in [0.4, 0.5) is 0 Å². The molecule has 1 heterocycles. The molecule has 2 aromatic rings. The minimum absolute atomic E-state index is 0. The van der Waals surface area contributed by atoms with Crippen molar-refractivity contribution in [2.24, 2.45) is 4.99 Å². The number of halogens is 1. The molecule has 0 saturated heterocycles. The second-order valence-corrected chi connectivity index (χ2v) is 6.30. The van der Waals surface area contributed by atoms with E-state index in [-0.39, 0.29) is 29.9 Å². The number of hydrogen-bond donors (Lipinski definition) is 2. The van der Waals surface area contributed by atoms with Crippen LogP contribution < -0.4 is 10.6 Å². The van der Waals surface area contributed by atoms with Crippen molar-refractivity contribution >= 4 is 35.8 Å². The maximum atomic E-state index is 12.3. The van der Waals surface area contributed by atoms with Gasteiger partial charge in [0.2, 0.25) is 5.91 Å². The molecular formula is C20H31IN6O. The van der Waals surface area contributed by atoms with Gasteiger partial charge in [-0.05, 0) is 25.0 Å². The van der Waals surface area contributed by atoms with Gasteiger partial charge in [0.05, 0.1) is 0 Å². The number of aryl methyl sites for hydroxylation is 1. The van der Waals surface area contributed by atoms with Gasteiger partial charge < -0.3 is 15.5 Å². The van der Waals surface area contributed by atoms with Crippen LogP contribution in [0.2, 0.25) is 0 Å². The van der Waals surface area contributed by atoms with Gasteiger partial charge in [-0.1, -0.05) is 30.3 Å². The molecule has 28 heavy (non-hydrogen) atoms. The number of aliphatic imine (C=N–C) groups is 1. The van der Waals surface area contributed by atoms with E-state index in [1.807, 2.05) is 61.2 Å². The Balaban J connectivity index is 0.00000392. The van der Waals surface area contributed by atoms with Crippen molar-refractivity contribution in [3.05, 3.63) is 54.4 Å². The number of guanidine groups is 1. The Bertz CT molecular complexity index is 690. The fourth-order valence-corrected chi connectivity index (χ4v) is 2.62. The summed E-state index contributed by atoms with van der Waals surface area (Å²) in [6, 6.07) is 11.9. The van der Waals surface area contributed by atoms with Gasteiger partial charge in [-0.3, -0.25) is 14.5 Å². The average molecular weight is 498 g/mol. The summed E-state index contributed by atoms with van der Waals surface area (Å²) in [6.07, 6.45) is 5.07. The molecule has 1 aromatic heterocycles. The van der Waals surface area contributed by atoms with E-state index in [0.717, 1.165) is 31.0 Å². The highest BCUT2D eigenvalue weighted by Crippen LogP contribution is 2.03. The Morgan fingerprint density at radius 1 is 1.21 bits per heavy atom. The van der Waals surface area contributed by atoms with Crippen LogP contribution in [-0.2, 0) is 17.9 Å².